The van der Waals surface area contributed by atoms with Gasteiger partial charge in [-0.15, -0.1) is 0 Å². The van der Waals surface area contributed by atoms with E-state index in [9.17, 15) is 0 Å². The molecule has 0 aliphatic heterocycles. The molecule has 92 valence electrons. The number of aryl methyl sites for hydroxylation is 3. The number of nitrogens with zero attached hydrogens (tertiary/aromatic N) is 4. The number of rotatable bonds is 5. The minimum absolute atomic E-state index is 0.330. The smallest absolute Gasteiger partial charge is 0.233 e. The van der Waals surface area contributed by atoms with Gasteiger partial charge in [-0.05, 0) is 26.3 Å². The maximum Gasteiger partial charge on any atom is 0.233 e. The third kappa shape index (κ3) is 3.16. The first-order chi connectivity index (χ1) is 8.15. The SMILES string of the molecule is Cc1cc(C)n(CCCNc2nc(N)ns2)n1. The van der Waals surface area contributed by atoms with Gasteiger partial charge in [0.05, 0.1) is 5.69 Å². The molecule has 0 spiro atoms. The Bertz CT molecular complexity index is 489. The van der Waals surface area contributed by atoms with Crippen LogP contribution in [0.5, 0.6) is 0 Å². The molecule has 0 atom stereocenters. The van der Waals surface area contributed by atoms with E-state index < -0.39 is 0 Å². The number of nitrogen functional groups attached to an aromatic ring is 1. The van der Waals surface area contributed by atoms with E-state index in [1.165, 1.54) is 17.2 Å². The Morgan fingerprint density at radius 1 is 1.47 bits per heavy atom. The Kier molecular flexibility index (Phi) is 3.58. The average Bonchev–Trinajstić information content (AvgIpc) is 2.81. The van der Waals surface area contributed by atoms with Crippen LogP contribution in [0, 0.1) is 13.8 Å². The maximum atomic E-state index is 5.43. The highest BCUT2D eigenvalue weighted by atomic mass is 32.1. The van der Waals surface area contributed by atoms with Gasteiger partial charge in [0.2, 0.25) is 11.1 Å². The molecule has 2 heterocycles. The topological polar surface area (TPSA) is 81.7 Å². The molecule has 3 N–H and O–H groups in total. The van der Waals surface area contributed by atoms with Crippen LogP contribution in [0.15, 0.2) is 6.07 Å². The van der Waals surface area contributed by atoms with Crippen molar-refractivity contribution in [3.8, 4) is 0 Å². The van der Waals surface area contributed by atoms with Gasteiger partial charge in [-0.3, -0.25) is 4.68 Å². The molecule has 0 unspecified atom stereocenters. The van der Waals surface area contributed by atoms with Crippen molar-refractivity contribution in [1.29, 1.82) is 0 Å². The first-order valence-electron chi connectivity index (χ1n) is 5.49. The fourth-order valence-electron chi connectivity index (χ4n) is 1.63. The summed E-state index contributed by atoms with van der Waals surface area (Å²) in [5.41, 5.74) is 7.69. The van der Waals surface area contributed by atoms with E-state index >= 15 is 0 Å². The molecule has 0 fully saturated rings. The van der Waals surface area contributed by atoms with Crippen molar-refractivity contribution in [2.75, 3.05) is 17.6 Å². The van der Waals surface area contributed by atoms with Crippen molar-refractivity contribution in [3.63, 3.8) is 0 Å². The van der Waals surface area contributed by atoms with Crippen LogP contribution < -0.4 is 11.1 Å². The van der Waals surface area contributed by atoms with Crippen molar-refractivity contribution in [3.05, 3.63) is 17.5 Å². The largest absolute Gasteiger partial charge is 0.367 e. The summed E-state index contributed by atoms with van der Waals surface area (Å²) in [5, 5.41) is 8.36. The van der Waals surface area contributed by atoms with Crippen molar-refractivity contribution < 1.29 is 0 Å². The molecule has 0 saturated heterocycles. The molecule has 0 aliphatic carbocycles. The van der Waals surface area contributed by atoms with Gasteiger partial charge in [-0.1, -0.05) is 0 Å². The molecule has 6 nitrogen and oxygen atoms in total. The Labute approximate surface area is 104 Å². The van der Waals surface area contributed by atoms with Gasteiger partial charge in [0, 0.05) is 30.3 Å². The molecule has 17 heavy (non-hydrogen) atoms. The zero-order valence-electron chi connectivity index (χ0n) is 9.97. The first kappa shape index (κ1) is 11.8. The summed E-state index contributed by atoms with van der Waals surface area (Å²) in [6, 6.07) is 2.08. The summed E-state index contributed by atoms with van der Waals surface area (Å²) in [4.78, 5) is 4.03. The lowest BCUT2D eigenvalue weighted by Gasteiger charge is -2.04. The average molecular weight is 252 g/mol. The maximum absolute atomic E-state index is 5.43. The Morgan fingerprint density at radius 2 is 2.29 bits per heavy atom. The van der Waals surface area contributed by atoms with Crippen molar-refractivity contribution in [2.24, 2.45) is 0 Å². The van der Waals surface area contributed by atoms with E-state index in [1.54, 1.807) is 0 Å². The summed E-state index contributed by atoms with van der Waals surface area (Å²) >= 11 is 1.28. The van der Waals surface area contributed by atoms with E-state index in [4.69, 9.17) is 5.73 Å². The number of hydrogen-bond donors (Lipinski definition) is 2. The van der Waals surface area contributed by atoms with E-state index in [2.05, 4.69) is 32.8 Å². The lowest BCUT2D eigenvalue weighted by atomic mass is 10.4. The van der Waals surface area contributed by atoms with Crippen LogP contribution in [0.4, 0.5) is 11.1 Å². The molecule has 0 radical (unpaired) electrons. The second kappa shape index (κ2) is 5.13. The number of hydrogen-bond acceptors (Lipinski definition) is 6. The second-order valence-electron chi connectivity index (χ2n) is 3.89. The second-order valence-corrected chi connectivity index (χ2v) is 4.64. The minimum atomic E-state index is 0.330. The first-order valence-corrected chi connectivity index (χ1v) is 6.26. The number of nitrogens with one attached hydrogen (secondary N) is 1. The monoisotopic (exact) mass is 252 g/mol. The van der Waals surface area contributed by atoms with Crippen LogP contribution in [0.2, 0.25) is 0 Å². The standard InChI is InChI=1S/C10H16N6S/c1-7-6-8(2)16(14-7)5-3-4-12-10-13-9(11)15-17-10/h6H,3-5H2,1-2H3,(H3,11,12,13,15). The van der Waals surface area contributed by atoms with Crippen molar-refractivity contribution in [1.82, 2.24) is 19.1 Å². The zero-order valence-corrected chi connectivity index (χ0v) is 10.8. The highest BCUT2D eigenvalue weighted by molar-refractivity contribution is 7.09. The van der Waals surface area contributed by atoms with Gasteiger partial charge < -0.3 is 11.1 Å². The Hall–Kier alpha value is -1.63. The van der Waals surface area contributed by atoms with Gasteiger partial charge in [-0.25, -0.2) is 0 Å². The highest BCUT2D eigenvalue weighted by Crippen LogP contribution is 2.11. The molecular weight excluding hydrogens is 236 g/mol. The molecule has 0 saturated carbocycles. The summed E-state index contributed by atoms with van der Waals surface area (Å²) < 4.78 is 5.92. The molecule has 7 heteroatoms. The molecule has 2 aromatic heterocycles. The van der Waals surface area contributed by atoms with Gasteiger partial charge in [0.25, 0.3) is 0 Å². The van der Waals surface area contributed by atoms with Crippen LogP contribution in [-0.2, 0) is 6.54 Å². The third-order valence-electron chi connectivity index (χ3n) is 2.37. The van der Waals surface area contributed by atoms with E-state index in [0.29, 0.717) is 5.95 Å². The molecule has 0 bridgehead atoms. The fourth-order valence-corrected chi connectivity index (χ4v) is 2.15. The fraction of sp³-hybridized carbons (Fsp3) is 0.500. The summed E-state index contributed by atoms with van der Waals surface area (Å²) in [6.07, 6.45) is 0.988. The number of nitrogens with two attached hydrogens (primary N) is 1. The van der Waals surface area contributed by atoms with Gasteiger partial charge in [-0.2, -0.15) is 14.5 Å². The third-order valence-corrected chi connectivity index (χ3v) is 3.05. The Morgan fingerprint density at radius 3 is 2.88 bits per heavy atom. The molecule has 2 aromatic rings. The van der Waals surface area contributed by atoms with Gasteiger partial charge in [0.15, 0.2) is 0 Å². The predicted octanol–water partition coefficient (Wildman–Crippen LogP) is 1.44. The molecule has 2 rings (SSSR count). The highest BCUT2D eigenvalue weighted by Gasteiger charge is 2.01. The van der Waals surface area contributed by atoms with Crippen LogP contribution in [-0.4, -0.2) is 25.7 Å². The van der Waals surface area contributed by atoms with Crippen LogP contribution in [0.1, 0.15) is 17.8 Å². The lowest BCUT2D eigenvalue weighted by Crippen LogP contribution is -2.08. The van der Waals surface area contributed by atoms with Crippen LogP contribution in [0.3, 0.4) is 0 Å². The Balaban J connectivity index is 1.75. The lowest BCUT2D eigenvalue weighted by molar-refractivity contribution is 0.573. The molecule has 0 aliphatic rings. The summed E-state index contributed by atoms with van der Waals surface area (Å²) in [7, 11) is 0. The number of aromatic nitrogens is 4. The van der Waals surface area contributed by atoms with Gasteiger partial charge >= 0.3 is 0 Å². The zero-order chi connectivity index (χ0) is 12.3. The van der Waals surface area contributed by atoms with Crippen molar-refractivity contribution >= 4 is 22.6 Å². The quantitative estimate of drug-likeness (QED) is 0.787. The summed E-state index contributed by atoms with van der Waals surface area (Å²) in [6.45, 7) is 5.82. The van der Waals surface area contributed by atoms with Crippen LogP contribution >= 0.6 is 11.5 Å². The van der Waals surface area contributed by atoms with E-state index in [-0.39, 0.29) is 0 Å². The minimum Gasteiger partial charge on any atom is -0.367 e. The molecular formula is C10H16N6S. The predicted molar refractivity (Wildman–Crippen MR) is 69.1 cm³/mol. The van der Waals surface area contributed by atoms with E-state index in [1.807, 2.05) is 11.6 Å². The normalized spacial score (nSPS) is 10.7. The van der Waals surface area contributed by atoms with Crippen molar-refractivity contribution in [2.45, 2.75) is 26.8 Å². The van der Waals surface area contributed by atoms with Crippen LogP contribution in [0.25, 0.3) is 0 Å². The van der Waals surface area contributed by atoms with E-state index in [0.717, 1.165) is 30.3 Å². The van der Waals surface area contributed by atoms with Gasteiger partial charge in [0.1, 0.15) is 0 Å². The summed E-state index contributed by atoms with van der Waals surface area (Å²) in [5.74, 6) is 0.330. The molecule has 0 amide bonds. The number of anilines is 2. The molecule has 0 aromatic carbocycles.